The van der Waals surface area contributed by atoms with E-state index >= 15 is 0 Å². The van der Waals surface area contributed by atoms with Gasteiger partial charge in [0.25, 0.3) is 0 Å². The average molecular weight is 170 g/mol. The van der Waals surface area contributed by atoms with Crippen LogP contribution in [0.4, 0.5) is 0 Å². The molecule has 2 rings (SSSR count). The summed E-state index contributed by atoms with van der Waals surface area (Å²) >= 11 is 5.89. The van der Waals surface area contributed by atoms with E-state index in [9.17, 15) is 0 Å². The van der Waals surface area contributed by atoms with Crippen molar-refractivity contribution in [1.29, 1.82) is 0 Å². The minimum Gasteiger partial charge on any atom is -0.316 e. The molecule has 0 saturated carbocycles. The molecule has 0 spiro atoms. The Morgan fingerprint density at radius 1 is 1.45 bits per heavy atom. The monoisotopic (exact) mass is 169 g/mol. The summed E-state index contributed by atoms with van der Waals surface area (Å²) in [5.41, 5.74) is 0. The van der Waals surface area contributed by atoms with Gasteiger partial charge in [-0.05, 0) is 30.9 Å². The van der Waals surface area contributed by atoms with Gasteiger partial charge in [0.05, 0.1) is 0 Å². The maximum Gasteiger partial charge on any atom is 0.0366 e. The fraction of sp³-hybridized carbons (Fsp3) is 0.556. The first-order chi connectivity index (χ1) is 5.36. The fourth-order valence-corrected chi connectivity index (χ4v) is 2.03. The molecule has 0 amide bonds. The van der Waals surface area contributed by atoms with E-state index in [1.807, 2.05) is 6.08 Å². The Morgan fingerprint density at radius 2 is 2.36 bits per heavy atom. The lowest BCUT2D eigenvalue weighted by molar-refractivity contribution is 0.353. The molecule has 2 heteroatoms. The molecule has 2 atom stereocenters. The first-order valence-electron chi connectivity index (χ1n) is 4.12. The van der Waals surface area contributed by atoms with Crippen LogP contribution in [-0.2, 0) is 0 Å². The molecule has 1 heterocycles. The molecule has 1 saturated heterocycles. The molecule has 0 bridgehead atoms. The van der Waals surface area contributed by atoms with Crippen LogP contribution in [0.2, 0.25) is 0 Å². The van der Waals surface area contributed by atoms with Crippen molar-refractivity contribution < 1.29 is 0 Å². The Labute approximate surface area is 72.1 Å². The number of rotatable bonds is 0. The maximum absolute atomic E-state index is 5.89. The number of nitrogens with one attached hydrogen (secondary N) is 1. The van der Waals surface area contributed by atoms with Crippen molar-refractivity contribution in [2.75, 3.05) is 13.1 Å². The fourth-order valence-electron chi connectivity index (χ4n) is 1.80. The van der Waals surface area contributed by atoms with Gasteiger partial charge in [0.15, 0.2) is 0 Å². The quantitative estimate of drug-likeness (QED) is 0.584. The topological polar surface area (TPSA) is 12.0 Å². The largest absolute Gasteiger partial charge is 0.316 e. The highest BCUT2D eigenvalue weighted by atomic mass is 35.5. The summed E-state index contributed by atoms with van der Waals surface area (Å²) in [6, 6.07) is 0. The Hall–Kier alpha value is -0.270. The Bertz CT molecular complexity index is 208. The van der Waals surface area contributed by atoms with Gasteiger partial charge in [0.1, 0.15) is 0 Å². The summed E-state index contributed by atoms with van der Waals surface area (Å²) in [5, 5.41) is 4.29. The molecule has 1 fully saturated rings. The first kappa shape index (κ1) is 7.38. The molecule has 1 aliphatic heterocycles. The maximum atomic E-state index is 5.89. The summed E-state index contributed by atoms with van der Waals surface area (Å²) in [5.74, 6) is 1.37. The first-order valence-corrected chi connectivity index (χ1v) is 4.50. The zero-order valence-electron chi connectivity index (χ0n) is 6.39. The highest BCUT2D eigenvalue weighted by molar-refractivity contribution is 6.31. The summed E-state index contributed by atoms with van der Waals surface area (Å²) in [6.45, 7) is 2.25. The van der Waals surface area contributed by atoms with Crippen molar-refractivity contribution in [3.05, 3.63) is 23.3 Å². The van der Waals surface area contributed by atoms with Gasteiger partial charge < -0.3 is 5.32 Å². The van der Waals surface area contributed by atoms with E-state index in [2.05, 4.69) is 17.5 Å². The summed E-state index contributed by atoms with van der Waals surface area (Å²) in [4.78, 5) is 0. The van der Waals surface area contributed by atoms with E-state index in [-0.39, 0.29) is 0 Å². The SMILES string of the molecule is ClC1=CC2CCNCC2C=C1. The number of fused-ring (bicyclic) bond motifs is 1. The third kappa shape index (κ3) is 1.49. The van der Waals surface area contributed by atoms with Crippen LogP contribution in [0, 0.1) is 11.8 Å². The van der Waals surface area contributed by atoms with Gasteiger partial charge >= 0.3 is 0 Å². The molecule has 1 nitrogen and oxygen atoms in total. The highest BCUT2D eigenvalue weighted by Gasteiger charge is 2.22. The smallest absolute Gasteiger partial charge is 0.0366 e. The van der Waals surface area contributed by atoms with Crippen LogP contribution in [0.5, 0.6) is 0 Å². The van der Waals surface area contributed by atoms with Gasteiger partial charge in [-0.1, -0.05) is 23.8 Å². The van der Waals surface area contributed by atoms with Gasteiger partial charge in [-0.25, -0.2) is 0 Å². The summed E-state index contributed by atoms with van der Waals surface area (Å²) < 4.78 is 0. The number of halogens is 1. The number of allylic oxidation sites excluding steroid dienone is 3. The minimum atomic E-state index is 0.686. The molecule has 1 aliphatic carbocycles. The van der Waals surface area contributed by atoms with Crippen molar-refractivity contribution in [2.24, 2.45) is 11.8 Å². The zero-order valence-corrected chi connectivity index (χ0v) is 7.14. The van der Waals surface area contributed by atoms with Crippen LogP contribution >= 0.6 is 11.6 Å². The predicted octanol–water partition coefficient (Wildman–Crippen LogP) is 1.90. The zero-order chi connectivity index (χ0) is 7.68. The van der Waals surface area contributed by atoms with E-state index in [1.165, 1.54) is 6.42 Å². The number of hydrogen-bond donors (Lipinski definition) is 1. The molecule has 2 unspecified atom stereocenters. The Balaban J connectivity index is 2.13. The average Bonchev–Trinajstić information content (AvgIpc) is 2.04. The van der Waals surface area contributed by atoms with Gasteiger partial charge in [-0.2, -0.15) is 0 Å². The van der Waals surface area contributed by atoms with Crippen LogP contribution < -0.4 is 5.32 Å². The van der Waals surface area contributed by atoms with E-state index in [0.717, 1.165) is 18.1 Å². The Morgan fingerprint density at radius 3 is 3.27 bits per heavy atom. The second kappa shape index (κ2) is 3.00. The molecule has 60 valence electrons. The molecule has 0 aromatic heterocycles. The van der Waals surface area contributed by atoms with Crippen molar-refractivity contribution in [3.63, 3.8) is 0 Å². The lowest BCUT2D eigenvalue weighted by Crippen LogP contribution is -2.35. The van der Waals surface area contributed by atoms with Gasteiger partial charge in [-0.3, -0.25) is 0 Å². The van der Waals surface area contributed by atoms with Crippen LogP contribution in [0.25, 0.3) is 0 Å². The van der Waals surface area contributed by atoms with E-state index < -0.39 is 0 Å². The van der Waals surface area contributed by atoms with Crippen molar-refractivity contribution in [3.8, 4) is 0 Å². The van der Waals surface area contributed by atoms with E-state index in [0.29, 0.717) is 11.8 Å². The minimum absolute atomic E-state index is 0.686. The molecular formula is C9H12ClN. The molecule has 1 N–H and O–H groups in total. The molecule has 0 radical (unpaired) electrons. The second-order valence-electron chi connectivity index (χ2n) is 3.23. The van der Waals surface area contributed by atoms with Gasteiger partial charge in [-0.15, -0.1) is 0 Å². The van der Waals surface area contributed by atoms with E-state index in [4.69, 9.17) is 11.6 Å². The standard InChI is InChI=1S/C9H12ClN/c10-9-2-1-8-6-11-4-3-7(8)5-9/h1-2,5,7-8,11H,3-4,6H2. The molecule has 0 aromatic rings. The van der Waals surface area contributed by atoms with Crippen molar-refractivity contribution in [2.45, 2.75) is 6.42 Å². The van der Waals surface area contributed by atoms with Crippen LogP contribution in [0.3, 0.4) is 0 Å². The number of piperidine rings is 1. The molecular weight excluding hydrogens is 158 g/mol. The summed E-state index contributed by atoms with van der Waals surface area (Å²) in [7, 11) is 0. The lowest BCUT2D eigenvalue weighted by Gasteiger charge is -2.30. The predicted molar refractivity (Wildman–Crippen MR) is 47.5 cm³/mol. The Kier molecular flexibility index (Phi) is 2.01. The third-order valence-corrected chi connectivity index (χ3v) is 2.71. The number of hydrogen-bond acceptors (Lipinski definition) is 1. The normalized spacial score (nSPS) is 36.3. The molecule has 2 aliphatic rings. The molecule has 11 heavy (non-hydrogen) atoms. The van der Waals surface area contributed by atoms with Crippen molar-refractivity contribution in [1.82, 2.24) is 5.32 Å². The van der Waals surface area contributed by atoms with Crippen molar-refractivity contribution >= 4 is 11.6 Å². The van der Waals surface area contributed by atoms with Gasteiger partial charge in [0, 0.05) is 11.6 Å². The molecule has 0 aromatic carbocycles. The van der Waals surface area contributed by atoms with E-state index in [1.54, 1.807) is 0 Å². The van der Waals surface area contributed by atoms with Crippen LogP contribution in [0.15, 0.2) is 23.3 Å². The second-order valence-corrected chi connectivity index (χ2v) is 3.67. The highest BCUT2D eigenvalue weighted by Crippen LogP contribution is 2.28. The third-order valence-electron chi connectivity index (χ3n) is 2.46. The van der Waals surface area contributed by atoms with Crippen LogP contribution in [-0.4, -0.2) is 13.1 Å². The summed E-state index contributed by atoms with van der Waals surface area (Å²) in [6.07, 6.45) is 7.65. The van der Waals surface area contributed by atoms with Crippen LogP contribution in [0.1, 0.15) is 6.42 Å². The van der Waals surface area contributed by atoms with Gasteiger partial charge in [0.2, 0.25) is 0 Å². The lowest BCUT2D eigenvalue weighted by atomic mass is 9.83.